The van der Waals surface area contributed by atoms with Crippen LogP contribution in [0.25, 0.3) is 72.6 Å². The van der Waals surface area contributed by atoms with Crippen LogP contribution in [0.3, 0.4) is 0 Å². The van der Waals surface area contributed by atoms with E-state index in [2.05, 4.69) is 176 Å². The molecule has 2 aliphatic rings. The maximum Gasteiger partial charge on any atom is 0.0541 e. The first-order chi connectivity index (χ1) is 24.5. The molecule has 238 valence electrons. The Labute approximate surface area is 292 Å². The van der Waals surface area contributed by atoms with Crippen LogP contribution in [0.15, 0.2) is 152 Å². The van der Waals surface area contributed by atoms with Crippen LogP contribution in [-0.4, -0.2) is 4.57 Å². The number of rotatable bonds is 4. The number of hydrogen-bond acceptors (Lipinski definition) is 1. The van der Waals surface area contributed by atoms with Gasteiger partial charge in [-0.3, -0.25) is 0 Å². The minimum Gasteiger partial charge on any atom is -0.398 e. The molecule has 0 spiro atoms. The zero-order valence-corrected chi connectivity index (χ0v) is 28.2. The molecular formula is C48H36N2. The molecule has 1 aromatic heterocycles. The third kappa shape index (κ3) is 4.21. The Morgan fingerprint density at radius 1 is 0.580 bits per heavy atom. The van der Waals surface area contributed by atoms with E-state index in [-0.39, 0.29) is 5.41 Å². The van der Waals surface area contributed by atoms with E-state index >= 15 is 0 Å². The third-order valence-corrected chi connectivity index (χ3v) is 11.2. The molecule has 2 aliphatic carbocycles. The quantitative estimate of drug-likeness (QED) is 0.191. The predicted molar refractivity (Wildman–Crippen MR) is 211 cm³/mol. The summed E-state index contributed by atoms with van der Waals surface area (Å²) < 4.78 is 2.38. The normalized spacial score (nSPS) is 14.1. The van der Waals surface area contributed by atoms with Gasteiger partial charge in [-0.15, -0.1) is 0 Å². The van der Waals surface area contributed by atoms with E-state index in [9.17, 15) is 0 Å². The summed E-state index contributed by atoms with van der Waals surface area (Å²) in [5, 5.41) is 2.48. The second-order valence-corrected chi connectivity index (χ2v) is 14.4. The fourth-order valence-electron chi connectivity index (χ4n) is 8.72. The van der Waals surface area contributed by atoms with Gasteiger partial charge in [-0.1, -0.05) is 129 Å². The molecule has 0 saturated heterocycles. The number of hydrogen-bond donors (Lipinski definition) is 1. The van der Waals surface area contributed by atoms with Crippen LogP contribution in [0.5, 0.6) is 0 Å². The number of para-hydroxylation sites is 1. The Kier molecular flexibility index (Phi) is 6.17. The molecule has 0 radical (unpaired) electrons. The molecule has 7 aromatic carbocycles. The second kappa shape index (κ2) is 10.7. The molecule has 1 heterocycles. The zero-order valence-electron chi connectivity index (χ0n) is 28.2. The largest absolute Gasteiger partial charge is 0.398 e. The summed E-state index contributed by atoms with van der Waals surface area (Å²) >= 11 is 0. The fourth-order valence-corrected chi connectivity index (χ4v) is 8.72. The Bertz CT molecular complexity index is 2720. The smallest absolute Gasteiger partial charge is 0.0541 e. The third-order valence-electron chi connectivity index (χ3n) is 11.2. The summed E-state index contributed by atoms with van der Waals surface area (Å²) in [5.41, 5.74) is 26.7. The first-order valence-electron chi connectivity index (χ1n) is 17.5. The summed E-state index contributed by atoms with van der Waals surface area (Å²) in [5.74, 6) is 0. The Balaban J connectivity index is 1.06. The van der Waals surface area contributed by atoms with Gasteiger partial charge in [0.25, 0.3) is 0 Å². The maximum atomic E-state index is 6.90. The van der Waals surface area contributed by atoms with Gasteiger partial charge in [0, 0.05) is 27.6 Å². The highest BCUT2D eigenvalue weighted by Gasteiger charge is 2.35. The SMILES string of the molecule is CC1(C)c2ccccc2-c2cc(-c3ccc4c(c3)c3ccccc3n4-c3cccc(/C(N)=C/c4cccc5c4Cc4ccccc4-5)c3)ccc21. The number of nitrogens with zero attached hydrogens (tertiary/aromatic N) is 1. The molecule has 0 bridgehead atoms. The number of nitrogens with two attached hydrogens (primary N) is 1. The van der Waals surface area contributed by atoms with Crippen molar-refractivity contribution in [1.29, 1.82) is 0 Å². The van der Waals surface area contributed by atoms with Crippen LogP contribution >= 0.6 is 0 Å². The van der Waals surface area contributed by atoms with Crippen molar-refractivity contribution in [2.75, 3.05) is 0 Å². The van der Waals surface area contributed by atoms with Gasteiger partial charge < -0.3 is 10.3 Å². The molecule has 2 N–H and O–H groups in total. The van der Waals surface area contributed by atoms with Crippen molar-refractivity contribution in [2.24, 2.45) is 5.73 Å². The highest BCUT2D eigenvalue weighted by Crippen LogP contribution is 2.49. The van der Waals surface area contributed by atoms with Crippen LogP contribution < -0.4 is 5.73 Å². The van der Waals surface area contributed by atoms with Gasteiger partial charge in [-0.25, -0.2) is 0 Å². The minimum atomic E-state index is 0.00192. The van der Waals surface area contributed by atoms with Crippen molar-refractivity contribution in [1.82, 2.24) is 4.57 Å². The second-order valence-electron chi connectivity index (χ2n) is 14.4. The number of aromatic nitrogens is 1. The molecule has 0 aliphatic heterocycles. The van der Waals surface area contributed by atoms with Gasteiger partial charge >= 0.3 is 0 Å². The van der Waals surface area contributed by atoms with E-state index in [1.54, 1.807) is 0 Å². The monoisotopic (exact) mass is 640 g/mol. The first-order valence-corrected chi connectivity index (χ1v) is 17.5. The fraction of sp³-hybridized carbons (Fsp3) is 0.0833. The molecule has 50 heavy (non-hydrogen) atoms. The lowest BCUT2D eigenvalue weighted by molar-refractivity contribution is 0.660. The summed E-state index contributed by atoms with van der Waals surface area (Å²) in [6.45, 7) is 4.67. The van der Waals surface area contributed by atoms with Gasteiger partial charge in [-0.2, -0.15) is 0 Å². The van der Waals surface area contributed by atoms with Gasteiger partial charge in [0.15, 0.2) is 0 Å². The van der Waals surface area contributed by atoms with Gasteiger partial charge in [-0.05, 0) is 116 Å². The topological polar surface area (TPSA) is 30.9 Å². The average Bonchev–Trinajstić information content (AvgIpc) is 3.78. The van der Waals surface area contributed by atoms with E-state index in [1.165, 1.54) is 83.0 Å². The summed E-state index contributed by atoms with van der Waals surface area (Å²) in [6.07, 6.45) is 3.09. The van der Waals surface area contributed by atoms with Crippen LogP contribution in [-0.2, 0) is 11.8 Å². The van der Waals surface area contributed by atoms with Crippen LogP contribution in [0.1, 0.15) is 47.2 Å². The van der Waals surface area contributed by atoms with Crippen molar-refractivity contribution < 1.29 is 0 Å². The van der Waals surface area contributed by atoms with Crippen molar-refractivity contribution in [3.63, 3.8) is 0 Å². The summed E-state index contributed by atoms with van der Waals surface area (Å²) in [6, 6.07) is 55.5. The van der Waals surface area contributed by atoms with Gasteiger partial charge in [0.2, 0.25) is 0 Å². The lowest BCUT2D eigenvalue weighted by Gasteiger charge is -2.21. The van der Waals surface area contributed by atoms with E-state index in [1.807, 2.05) is 0 Å². The number of benzene rings is 7. The Morgan fingerprint density at radius 3 is 2.20 bits per heavy atom. The van der Waals surface area contributed by atoms with E-state index in [0.29, 0.717) is 0 Å². The molecule has 0 atom stereocenters. The lowest BCUT2D eigenvalue weighted by Crippen LogP contribution is -2.14. The van der Waals surface area contributed by atoms with Crippen LogP contribution in [0.4, 0.5) is 0 Å². The summed E-state index contributed by atoms with van der Waals surface area (Å²) in [7, 11) is 0. The van der Waals surface area contributed by atoms with Gasteiger partial charge in [0.1, 0.15) is 0 Å². The molecule has 2 heteroatoms. The van der Waals surface area contributed by atoms with Crippen molar-refractivity contribution >= 4 is 33.6 Å². The Morgan fingerprint density at radius 2 is 1.28 bits per heavy atom. The van der Waals surface area contributed by atoms with Crippen LogP contribution in [0.2, 0.25) is 0 Å². The van der Waals surface area contributed by atoms with Crippen molar-refractivity contribution in [3.8, 4) is 39.1 Å². The lowest BCUT2D eigenvalue weighted by atomic mass is 9.82. The average molecular weight is 641 g/mol. The van der Waals surface area contributed by atoms with E-state index in [4.69, 9.17) is 5.73 Å². The minimum absolute atomic E-state index is 0.00192. The summed E-state index contributed by atoms with van der Waals surface area (Å²) in [4.78, 5) is 0. The van der Waals surface area contributed by atoms with Gasteiger partial charge in [0.05, 0.1) is 11.0 Å². The molecule has 0 amide bonds. The molecule has 0 fully saturated rings. The predicted octanol–water partition coefficient (Wildman–Crippen LogP) is 11.8. The van der Waals surface area contributed by atoms with E-state index < -0.39 is 0 Å². The molecule has 0 saturated carbocycles. The molecule has 8 aromatic rings. The highest BCUT2D eigenvalue weighted by atomic mass is 15.0. The van der Waals surface area contributed by atoms with Crippen molar-refractivity contribution in [3.05, 3.63) is 185 Å². The molecular weight excluding hydrogens is 605 g/mol. The molecule has 10 rings (SSSR count). The number of fused-ring (bicyclic) bond motifs is 9. The zero-order chi connectivity index (χ0) is 33.6. The highest BCUT2D eigenvalue weighted by molar-refractivity contribution is 6.10. The van der Waals surface area contributed by atoms with E-state index in [0.717, 1.165) is 23.4 Å². The molecule has 0 unspecified atom stereocenters. The maximum absolute atomic E-state index is 6.90. The van der Waals surface area contributed by atoms with Crippen molar-refractivity contribution in [2.45, 2.75) is 25.7 Å². The first kappa shape index (κ1) is 28.9. The molecule has 2 nitrogen and oxygen atoms in total. The van der Waals surface area contributed by atoms with Crippen LogP contribution in [0, 0.1) is 0 Å². The Hall–Kier alpha value is -6.12. The standard InChI is InChI=1S/C48H36N2/c1-48(2)43-19-7-5-16-38(43)41-26-30(21-23-44(41)48)31-22-24-47-42(27-31)39-17-6-8-20-46(39)50(47)35-14-9-13-34(25-35)45(49)29-33-12-10-18-37-36-15-4-3-11-32(36)28-40(33)37/h3-27,29H,28,49H2,1-2H3/b45-29-.